The van der Waals surface area contributed by atoms with Crippen molar-refractivity contribution in [3.8, 4) is 11.5 Å². The summed E-state index contributed by atoms with van der Waals surface area (Å²) in [5, 5.41) is 3.17. The van der Waals surface area contributed by atoms with Crippen molar-refractivity contribution in [3.05, 3.63) is 23.8 Å². The van der Waals surface area contributed by atoms with Crippen LogP contribution in [-0.4, -0.2) is 42.6 Å². The molecule has 1 spiro atoms. The maximum atomic E-state index is 13.1. The lowest BCUT2D eigenvalue weighted by atomic mass is 9.59. The van der Waals surface area contributed by atoms with Crippen LogP contribution in [0.5, 0.6) is 11.5 Å². The van der Waals surface area contributed by atoms with Crippen LogP contribution in [0.2, 0.25) is 0 Å². The van der Waals surface area contributed by atoms with E-state index in [0.717, 1.165) is 45.2 Å². The van der Waals surface area contributed by atoms with Crippen LogP contribution in [-0.2, 0) is 4.79 Å². The number of carbonyl (C=O) groups is 2. The average molecular weight is 384 g/mol. The second-order valence-corrected chi connectivity index (χ2v) is 8.77. The number of benzene rings is 1. The van der Waals surface area contributed by atoms with Crippen LogP contribution in [0.4, 0.5) is 0 Å². The molecule has 1 N–H and O–H groups in total. The lowest BCUT2D eigenvalue weighted by molar-refractivity contribution is -0.156. The predicted octanol–water partition coefficient (Wildman–Crippen LogP) is 2.96. The predicted molar refractivity (Wildman–Crippen MR) is 103 cm³/mol. The lowest BCUT2D eigenvalue weighted by Gasteiger charge is -2.55. The van der Waals surface area contributed by atoms with Crippen molar-refractivity contribution in [2.24, 2.45) is 17.8 Å². The Balaban J connectivity index is 1.38. The number of nitrogens with zero attached hydrogens (tertiary/aromatic N) is 1. The highest BCUT2D eigenvalue weighted by molar-refractivity contribution is 5.98. The smallest absolute Gasteiger partial charge is 0.258 e. The van der Waals surface area contributed by atoms with E-state index in [1.807, 2.05) is 0 Å². The first kappa shape index (κ1) is 17.8. The van der Waals surface area contributed by atoms with Crippen LogP contribution in [0.1, 0.15) is 55.3 Å². The first-order valence-corrected chi connectivity index (χ1v) is 10.6. The quantitative estimate of drug-likeness (QED) is 0.851. The highest BCUT2D eigenvalue weighted by atomic mass is 16.5. The van der Waals surface area contributed by atoms with Gasteiger partial charge in [-0.3, -0.25) is 9.59 Å². The minimum Gasteiger partial charge on any atom is -0.497 e. The summed E-state index contributed by atoms with van der Waals surface area (Å²) < 4.78 is 11.8. The van der Waals surface area contributed by atoms with Crippen LogP contribution in [0.15, 0.2) is 18.2 Å². The van der Waals surface area contributed by atoms with E-state index in [1.54, 1.807) is 25.3 Å². The van der Waals surface area contributed by atoms with Crippen LogP contribution >= 0.6 is 0 Å². The molecule has 2 heterocycles. The monoisotopic (exact) mass is 384 g/mol. The Kier molecular flexibility index (Phi) is 4.25. The maximum absolute atomic E-state index is 13.1. The number of fused-ring (bicyclic) bond motifs is 3. The molecule has 4 atom stereocenters. The number of hydrogen-bond donors (Lipinski definition) is 1. The number of methoxy groups -OCH3 is 1. The Hall–Kier alpha value is -2.24. The fourth-order valence-corrected chi connectivity index (χ4v) is 5.77. The van der Waals surface area contributed by atoms with Crippen molar-refractivity contribution in [3.63, 3.8) is 0 Å². The average Bonchev–Trinajstić information content (AvgIpc) is 2.73. The van der Waals surface area contributed by atoms with Gasteiger partial charge in [0.25, 0.3) is 5.91 Å². The molecule has 6 heteroatoms. The third-order valence-corrected chi connectivity index (χ3v) is 7.25. The third-order valence-electron chi connectivity index (χ3n) is 7.25. The van der Waals surface area contributed by atoms with E-state index in [4.69, 9.17) is 9.47 Å². The van der Waals surface area contributed by atoms with Gasteiger partial charge in [-0.25, -0.2) is 0 Å². The van der Waals surface area contributed by atoms with Gasteiger partial charge in [-0.2, -0.15) is 0 Å². The minimum atomic E-state index is -0.682. The van der Waals surface area contributed by atoms with Gasteiger partial charge in [-0.15, -0.1) is 0 Å². The zero-order valence-corrected chi connectivity index (χ0v) is 16.4. The molecule has 6 rings (SSSR count). The van der Waals surface area contributed by atoms with Crippen molar-refractivity contribution in [1.29, 1.82) is 0 Å². The number of piperidine rings is 1. The zero-order valence-electron chi connectivity index (χ0n) is 16.4. The molecule has 1 aromatic rings. The topological polar surface area (TPSA) is 67.9 Å². The SMILES string of the molecule is COc1ccc2c(c1)O[C@]1(C[C@H]3CC[C@H]1C[C@@H]3C(=O)N1CCCCC1)NC2=O. The van der Waals surface area contributed by atoms with E-state index >= 15 is 0 Å². The summed E-state index contributed by atoms with van der Waals surface area (Å²) >= 11 is 0. The first-order valence-electron chi connectivity index (χ1n) is 10.6. The van der Waals surface area contributed by atoms with E-state index in [0.29, 0.717) is 29.4 Å². The van der Waals surface area contributed by atoms with Gasteiger partial charge in [0.1, 0.15) is 11.5 Å². The van der Waals surface area contributed by atoms with Crippen molar-refractivity contribution < 1.29 is 19.1 Å². The number of likely N-dealkylation sites (tertiary alicyclic amines) is 1. The van der Waals surface area contributed by atoms with Gasteiger partial charge in [-0.05, 0) is 56.6 Å². The van der Waals surface area contributed by atoms with Crippen molar-refractivity contribution in [1.82, 2.24) is 10.2 Å². The molecule has 0 unspecified atom stereocenters. The summed E-state index contributed by atoms with van der Waals surface area (Å²) in [6.07, 6.45) is 7.02. The molecule has 0 radical (unpaired) electrons. The fourth-order valence-electron chi connectivity index (χ4n) is 5.77. The summed E-state index contributed by atoms with van der Waals surface area (Å²) in [7, 11) is 1.61. The molecule has 3 saturated carbocycles. The Bertz CT molecular complexity index is 804. The maximum Gasteiger partial charge on any atom is 0.258 e. The number of rotatable bonds is 2. The second-order valence-electron chi connectivity index (χ2n) is 8.77. The Morgan fingerprint density at radius 1 is 1.25 bits per heavy atom. The molecule has 1 saturated heterocycles. The van der Waals surface area contributed by atoms with Crippen molar-refractivity contribution in [2.45, 2.75) is 50.7 Å². The molecule has 1 aromatic carbocycles. The van der Waals surface area contributed by atoms with E-state index in [1.165, 1.54) is 6.42 Å². The molecule has 6 nitrogen and oxygen atoms in total. The van der Waals surface area contributed by atoms with Crippen LogP contribution < -0.4 is 14.8 Å². The molecule has 2 aliphatic heterocycles. The molecule has 0 aromatic heterocycles. The summed E-state index contributed by atoms with van der Waals surface area (Å²) in [5.74, 6) is 2.03. The normalized spacial score (nSPS) is 33.8. The van der Waals surface area contributed by atoms with E-state index in [9.17, 15) is 9.59 Å². The highest BCUT2D eigenvalue weighted by Crippen LogP contribution is 2.53. The summed E-state index contributed by atoms with van der Waals surface area (Å²) in [6, 6.07) is 5.33. The fraction of sp³-hybridized carbons (Fsp3) is 0.636. The number of amides is 2. The lowest BCUT2D eigenvalue weighted by Crippen LogP contribution is -2.67. The van der Waals surface area contributed by atoms with Gasteiger partial charge in [0.2, 0.25) is 5.91 Å². The summed E-state index contributed by atoms with van der Waals surface area (Å²) in [4.78, 5) is 28.0. The van der Waals surface area contributed by atoms with Crippen LogP contribution in [0.3, 0.4) is 0 Å². The van der Waals surface area contributed by atoms with Gasteiger partial charge in [0.15, 0.2) is 5.72 Å². The molecule has 4 fully saturated rings. The van der Waals surface area contributed by atoms with E-state index < -0.39 is 5.72 Å². The highest BCUT2D eigenvalue weighted by Gasteiger charge is 2.57. The summed E-state index contributed by atoms with van der Waals surface area (Å²) in [5.41, 5.74) is -0.133. The van der Waals surface area contributed by atoms with Gasteiger partial charge in [0.05, 0.1) is 12.7 Å². The Labute approximate surface area is 165 Å². The Morgan fingerprint density at radius 2 is 2.07 bits per heavy atom. The molecule has 28 heavy (non-hydrogen) atoms. The van der Waals surface area contributed by atoms with Crippen LogP contribution in [0, 0.1) is 17.8 Å². The molecule has 2 bridgehead atoms. The largest absolute Gasteiger partial charge is 0.497 e. The van der Waals surface area contributed by atoms with Crippen LogP contribution in [0.25, 0.3) is 0 Å². The van der Waals surface area contributed by atoms with E-state index in [2.05, 4.69) is 10.2 Å². The van der Waals surface area contributed by atoms with Gasteiger partial charge >= 0.3 is 0 Å². The van der Waals surface area contributed by atoms with Crippen molar-refractivity contribution in [2.75, 3.05) is 20.2 Å². The first-order chi connectivity index (χ1) is 13.6. The second kappa shape index (κ2) is 6.68. The van der Waals surface area contributed by atoms with Gasteiger partial charge in [-0.1, -0.05) is 0 Å². The third kappa shape index (κ3) is 2.76. The van der Waals surface area contributed by atoms with Crippen molar-refractivity contribution >= 4 is 11.8 Å². The molecule has 5 aliphatic rings. The molecule has 3 aliphatic carbocycles. The minimum absolute atomic E-state index is 0.0784. The van der Waals surface area contributed by atoms with E-state index in [-0.39, 0.29) is 23.7 Å². The summed E-state index contributed by atoms with van der Waals surface area (Å²) in [6.45, 7) is 1.80. The van der Waals surface area contributed by atoms with Gasteiger partial charge in [0, 0.05) is 37.4 Å². The molecular weight excluding hydrogens is 356 g/mol. The number of carbonyl (C=O) groups excluding carboxylic acids is 2. The zero-order chi connectivity index (χ0) is 19.3. The Morgan fingerprint density at radius 3 is 2.79 bits per heavy atom. The standard InChI is InChI=1S/C22H28N2O4/c1-27-16-7-8-17-19(12-16)28-22(23-20(17)25)13-14-5-6-15(22)11-18(14)21(26)24-9-3-2-4-10-24/h7-8,12,14-15,18H,2-6,9-11,13H2,1H3,(H,23,25)/t14-,15+,18+,22+/m1/s1. The molecule has 2 amide bonds. The van der Waals surface area contributed by atoms with Gasteiger partial charge < -0.3 is 19.7 Å². The number of ether oxygens (including phenoxy) is 2. The molecular formula is C22H28N2O4. The molecule has 150 valence electrons. The number of hydrogen-bond acceptors (Lipinski definition) is 4. The number of nitrogens with one attached hydrogen (secondary N) is 1.